The van der Waals surface area contributed by atoms with Gasteiger partial charge in [0.1, 0.15) is 0 Å². The summed E-state index contributed by atoms with van der Waals surface area (Å²) in [7, 11) is 0. The van der Waals surface area contributed by atoms with Crippen LogP contribution >= 0.6 is 17.0 Å². The number of benzene rings is 1. The Morgan fingerprint density at radius 2 is 2.06 bits per heavy atom. The van der Waals surface area contributed by atoms with Gasteiger partial charge in [-0.05, 0) is 17.7 Å². The van der Waals surface area contributed by atoms with E-state index in [-0.39, 0.29) is 17.0 Å². The molecule has 3 nitrogen and oxygen atoms in total. The second kappa shape index (κ2) is 5.25. The molecule has 1 aromatic rings. The molecule has 0 bridgehead atoms. The highest BCUT2D eigenvalue weighted by atomic mass is 79.9. The molecule has 0 amide bonds. The number of nitrogens with zero attached hydrogens (tertiary/aromatic N) is 1. The summed E-state index contributed by atoms with van der Waals surface area (Å²) in [4.78, 5) is 1.77. The van der Waals surface area contributed by atoms with Crippen molar-refractivity contribution in [2.45, 2.75) is 6.54 Å². The van der Waals surface area contributed by atoms with Crippen LogP contribution in [-0.2, 0) is 6.54 Å². The summed E-state index contributed by atoms with van der Waals surface area (Å²) in [5.41, 5.74) is 0.669. The molecule has 1 heterocycles. The van der Waals surface area contributed by atoms with Crippen molar-refractivity contribution in [2.24, 2.45) is 0 Å². The largest absolute Gasteiger partial charge is 0.355 e. The van der Waals surface area contributed by atoms with Crippen molar-refractivity contribution in [3.05, 3.63) is 35.4 Å². The van der Waals surface area contributed by atoms with Gasteiger partial charge in [-0.1, -0.05) is 6.07 Å². The van der Waals surface area contributed by atoms with Gasteiger partial charge in [0.25, 0.3) is 0 Å². The Bertz CT molecular complexity index is 398. The van der Waals surface area contributed by atoms with Gasteiger partial charge in [-0.3, -0.25) is 5.41 Å². The summed E-state index contributed by atoms with van der Waals surface area (Å²) in [6.45, 7) is 1.88. The van der Waals surface area contributed by atoms with Gasteiger partial charge < -0.3 is 10.2 Å². The highest BCUT2D eigenvalue weighted by Crippen LogP contribution is 2.11. The zero-order chi connectivity index (χ0) is 10.8. The highest BCUT2D eigenvalue weighted by Gasteiger charge is 2.16. The lowest BCUT2D eigenvalue weighted by Gasteiger charge is -2.16. The second-order valence-electron chi connectivity index (χ2n) is 3.45. The van der Waals surface area contributed by atoms with Gasteiger partial charge in [-0.15, -0.1) is 17.0 Å². The molecular formula is C10H12BrF2N3. The van der Waals surface area contributed by atoms with Crippen LogP contribution < -0.4 is 5.32 Å². The zero-order valence-electron chi connectivity index (χ0n) is 8.46. The molecule has 2 rings (SSSR count). The molecule has 0 aliphatic carbocycles. The van der Waals surface area contributed by atoms with Crippen LogP contribution in [0.3, 0.4) is 0 Å². The third-order valence-corrected chi connectivity index (χ3v) is 2.35. The van der Waals surface area contributed by atoms with Crippen LogP contribution in [-0.4, -0.2) is 23.9 Å². The predicted octanol–water partition coefficient (Wildman–Crippen LogP) is 1.88. The first-order valence-electron chi connectivity index (χ1n) is 4.68. The fraction of sp³-hybridized carbons (Fsp3) is 0.300. The van der Waals surface area contributed by atoms with Crippen molar-refractivity contribution in [1.82, 2.24) is 10.2 Å². The van der Waals surface area contributed by atoms with Gasteiger partial charge in [0.15, 0.2) is 17.6 Å². The highest BCUT2D eigenvalue weighted by molar-refractivity contribution is 8.93. The van der Waals surface area contributed by atoms with E-state index in [0.717, 1.165) is 19.2 Å². The molecule has 1 aliphatic rings. The maximum Gasteiger partial charge on any atom is 0.191 e. The number of rotatable bonds is 2. The Balaban J connectivity index is 0.00000128. The summed E-state index contributed by atoms with van der Waals surface area (Å²) in [5.74, 6) is -1.35. The summed E-state index contributed by atoms with van der Waals surface area (Å²) in [5, 5.41) is 10.4. The van der Waals surface area contributed by atoms with Gasteiger partial charge in [0.2, 0.25) is 0 Å². The van der Waals surface area contributed by atoms with Crippen molar-refractivity contribution in [3.8, 4) is 0 Å². The maximum absolute atomic E-state index is 12.9. The Morgan fingerprint density at radius 1 is 1.31 bits per heavy atom. The van der Waals surface area contributed by atoms with Gasteiger partial charge in [-0.2, -0.15) is 0 Å². The Kier molecular flexibility index (Phi) is 4.23. The first-order valence-corrected chi connectivity index (χ1v) is 4.68. The zero-order valence-corrected chi connectivity index (χ0v) is 10.2. The lowest BCUT2D eigenvalue weighted by molar-refractivity contribution is 0.449. The molecule has 0 aromatic heterocycles. The van der Waals surface area contributed by atoms with E-state index in [2.05, 4.69) is 5.32 Å². The van der Waals surface area contributed by atoms with Crippen LogP contribution in [0.5, 0.6) is 0 Å². The number of hydrogen-bond donors (Lipinski definition) is 2. The van der Waals surface area contributed by atoms with Crippen LogP contribution in [0.1, 0.15) is 5.56 Å². The summed E-state index contributed by atoms with van der Waals surface area (Å²) >= 11 is 0. The fourth-order valence-corrected chi connectivity index (χ4v) is 1.55. The average molecular weight is 292 g/mol. The summed E-state index contributed by atoms with van der Waals surface area (Å²) in [6, 6.07) is 3.81. The molecule has 6 heteroatoms. The van der Waals surface area contributed by atoms with E-state index in [0.29, 0.717) is 18.1 Å². The molecule has 1 saturated heterocycles. The molecule has 88 valence electrons. The Hall–Kier alpha value is -1.17. The smallest absolute Gasteiger partial charge is 0.191 e. The maximum atomic E-state index is 12.9. The van der Waals surface area contributed by atoms with Gasteiger partial charge in [0, 0.05) is 19.6 Å². The van der Waals surface area contributed by atoms with E-state index in [9.17, 15) is 8.78 Å². The molecule has 0 radical (unpaired) electrons. The fourth-order valence-electron chi connectivity index (χ4n) is 1.55. The molecule has 2 N–H and O–H groups in total. The minimum atomic E-state index is -0.841. The summed E-state index contributed by atoms with van der Waals surface area (Å²) < 4.78 is 25.5. The van der Waals surface area contributed by atoms with E-state index < -0.39 is 11.6 Å². The minimum absolute atomic E-state index is 0. The van der Waals surface area contributed by atoms with Crippen LogP contribution in [0.15, 0.2) is 18.2 Å². The molecule has 1 aliphatic heterocycles. The van der Waals surface area contributed by atoms with Crippen molar-refractivity contribution < 1.29 is 8.78 Å². The van der Waals surface area contributed by atoms with E-state index >= 15 is 0 Å². The average Bonchev–Trinajstić information content (AvgIpc) is 2.59. The normalized spacial score (nSPS) is 14.6. The lowest BCUT2D eigenvalue weighted by Crippen LogP contribution is -2.28. The van der Waals surface area contributed by atoms with E-state index in [1.54, 1.807) is 4.90 Å². The minimum Gasteiger partial charge on any atom is -0.355 e. The van der Waals surface area contributed by atoms with E-state index in [4.69, 9.17) is 5.41 Å². The molecule has 0 spiro atoms. The molecule has 0 saturated carbocycles. The quantitative estimate of drug-likeness (QED) is 0.873. The number of guanidine groups is 1. The van der Waals surface area contributed by atoms with Gasteiger partial charge >= 0.3 is 0 Å². The van der Waals surface area contributed by atoms with Crippen LogP contribution in [0.25, 0.3) is 0 Å². The van der Waals surface area contributed by atoms with Gasteiger partial charge in [-0.25, -0.2) is 8.78 Å². The molecule has 1 aromatic carbocycles. The molecule has 0 unspecified atom stereocenters. The van der Waals surface area contributed by atoms with Crippen LogP contribution in [0.4, 0.5) is 8.78 Å². The lowest BCUT2D eigenvalue weighted by atomic mass is 10.2. The van der Waals surface area contributed by atoms with Crippen molar-refractivity contribution >= 4 is 22.9 Å². The van der Waals surface area contributed by atoms with Crippen molar-refractivity contribution in [2.75, 3.05) is 13.1 Å². The van der Waals surface area contributed by atoms with Crippen molar-refractivity contribution in [3.63, 3.8) is 0 Å². The molecule has 1 fully saturated rings. The standard InChI is InChI=1S/C10H11F2N3.BrH/c11-8-2-1-7(5-9(8)12)6-15-4-3-14-10(15)13;/h1-2,5H,3-4,6H2,(H2,13,14);1H. The molecular weight excluding hydrogens is 280 g/mol. The Labute approximate surface area is 103 Å². The first-order chi connectivity index (χ1) is 7.16. The number of hydrogen-bond acceptors (Lipinski definition) is 1. The van der Waals surface area contributed by atoms with Gasteiger partial charge in [0.05, 0.1) is 0 Å². The third-order valence-electron chi connectivity index (χ3n) is 2.35. The topological polar surface area (TPSA) is 39.1 Å². The monoisotopic (exact) mass is 291 g/mol. The SMILES string of the molecule is Br.N=C1NCCN1Cc1ccc(F)c(F)c1. The second-order valence-corrected chi connectivity index (χ2v) is 3.45. The number of nitrogens with one attached hydrogen (secondary N) is 2. The van der Waals surface area contributed by atoms with Crippen LogP contribution in [0, 0.1) is 17.0 Å². The summed E-state index contributed by atoms with van der Waals surface area (Å²) in [6.07, 6.45) is 0. The van der Waals surface area contributed by atoms with Crippen LogP contribution in [0.2, 0.25) is 0 Å². The van der Waals surface area contributed by atoms with E-state index in [1.165, 1.54) is 12.1 Å². The first kappa shape index (κ1) is 12.9. The number of halogens is 3. The third kappa shape index (κ3) is 2.69. The molecule has 0 atom stereocenters. The van der Waals surface area contributed by atoms with Crippen molar-refractivity contribution in [1.29, 1.82) is 5.41 Å². The predicted molar refractivity (Wildman–Crippen MR) is 62.8 cm³/mol. The van der Waals surface area contributed by atoms with E-state index in [1.807, 2.05) is 0 Å². The molecule has 16 heavy (non-hydrogen) atoms. The Morgan fingerprint density at radius 3 is 2.62 bits per heavy atom.